The van der Waals surface area contributed by atoms with Crippen LogP contribution in [-0.2, 0) is 11.2 Å². The molecule has 0 fully saturated rings. The largest absolute Gasteiger partial charge is 0.338 e. The van der Waals surface area contributed by atoms with Crippen molar-refractivity contribution in [2.75, 3.05) is 13.1 Å². The van der Waals surface area contributed by atoms with Gasteiger partial charge in [0.25, 0.3) is 0 Å². The van der Waals surface area contributed by atoms with E-state index in [2.05, 4.69) is 47.1 Å². The maximum absolute atomic E-state index is 12.0. The van der Waals surface area contributed by atoms with E-state index >= 15 is 0 Å². The summed E-state index contributed by atoms with van der Waals surface area (Å²) in [5.74, 6) is -0.347. The Labute approximate surface area is 152 Å². The third-order valence-corrected chi connectivity index (χ3v) is 4.74. The highest BCUT2D eigenvalue weighted by Crippen LogP contribution is 2.26. The molecule has 0 aliphatic rings. The third kappa shape index (κ3) is 5.99. The predicted molar refractivity (Wildman–Crippen MR) is 102 cm³/mol. The SMILES string of the molecule is CCCNC(=O)NC(=O)CNC(c1ccc(CC)cc1)c1cccs1. The predicted octanol–water partition coefficient (Wildman–Crippen LogP) is 3.23. The van der Waals surface area contributed by atoms with Crippen molar-refractivity contribution in [3.8, 4) is 0 Å². The Kier molecular flexibility index (Phi) is 7.63. The Bertz CT molecular complexity index is 668. The molecule has 2 rings (SSSR count). The van der Waals surface area contributed by atoms with Crippen molar-refractivity contribution >= 4 is 23.3 Å². The first-order valence-electron chi connectivity index (χ1n) is 8.57. The van der Waals surface area contributed by atoms with Crippen LogP contribution in [0.5, 0.6) is 0 Å². The van der Waals surface area contributed by atoms with Crippen molar-refractivity contribution in [3.05, 3.63) is 57.8 Å². The highest BCUT2D eigenvalue weighted by atomic mass is 32.1. The topological polar surface area (TPSA) is 70.2 Å². The number of thiophene rings is 1. The summed E-state index contributed by atoms with van der Waals surface area (Å²) in [4.78, 5) is 24.7. The molecule has 0 spiro atoms. The maximum atomic E-state index is 12.0. The molecule has 6 heteroatoms. The summed E-state index contributed by atoms with van der Waals surface area (Å²) in [5, 5.41) is 10.2. The number of nitrogens with one attached hydrogen (secondary N) is 3. The van der Waals surface area contributed by atoms with E-state index in [4.69, 9.17) is 0 Å². The van der Waals surface area contributed by atoms with Gasteiger partial charge in [0, 0.05) is 11.4 Å². The van der Waals surface area contributed by atoms with Crippen LogP contribution in [0.4, 0.5) is 4.79 Å². The summed E-state index contributed by atoms with van der Waals surface area (Å²) in [5.41, 5.74) is 2.38. The average molecular weight is 359 g/mol. The molecule has 0 aliphatic heterocycles. The van der Waals surface area contributed by atoms with Gasteiger partial charge in [-0.2, -0.15) is 0 Å². The van der Waals surface area contributed by atoms with Crippen LogP contribution in [0, 0.1) is 0 Å². The summed E-state index contributed by atoms with van der Waals surface area (Å²) >= 11 is 1.64. The number of aryl methyl sites for hydroxylation is 1. The van der Waals surface area contributed by atoms with Crippen LogP contribution in [0.2, 0.25) is 0 Å². The molecule has 1 aromatic carbocycles. The normalized spacial score (nSPS) is 11.8. The number of amides is 3. The average Bonchev–Trinajstić information content (AvgIpc) is 3.15. The molecule has 3 amide bonds. The zero-order chi connectivity index (χ0) is 18.1. The summed E-state index contributed by atoms with van der Waals surface area (Å²) in [6.07, 6.45) is 1.82. The molecule has 0 aliphatic carbocycles. The first-order valence-corrected chi connectivity index (χ1v) is 9.45. The van der Waals surface area contributed by atoms with E-state index in [1.165, 1.54) is 5.56 Å². The zero-order valence-electron chi connectivity index (χ0n) is 14.7. The highest BCUT2D eigenvalue weighted by Gasteiger charge is 2.17. The fraction of sp³-hybridized carbons (Fsp3) is 0.368. The van der Waals surface area contributed by atoms with Crippen molar-refractivity contribution < 1.29 is 9.59 Å². The minimum Gasteiger partial charge on any atom is -0.338 e. The minimum absolute atomic E-state index is 0.0671. The molecule has 5 nitrogen and oxygen atoms in total. The Morgan fingerprint density at radius 1 is 1.12 bits per heavy atom. The van der Waals surface area contributed by atoms with Crippen molar-refractivity contribution in [2.24, 2.45) is 0 Å². The summed E-state index contributed by atoms with van der Waals surface area (Å²) < 4.78 is 0. The molecule has 134 valence electrons. The van der Waals surface area contributed by atoms with Crippen molar-refractivity contribution in [1.29, 1.82) is 0 Å². The van der Waals surface area contributed by atoms with Crippen LogP contribution in [0.3, 0.4) is 0 Å². The second-order valence-electron chi connectivity index (χ2n) is 5.73. The van der Waals surface area contributed by atoms with Gasteiger partial charge >= 0.3 is 6.03 Å². The van der Waals surface area contributed by atoms with Crippen LogP contribution in [-0.4, -0.2) is 25.0 Å². The van der Waals surface area contributed by atoms with Crippen LogP contribution >= 0.6 is 11.3 Å². The number of urea groups is 1. The Balaban J connectivity index is 2.00. The Morgan fingerprint density at radius 2 is 1.88 bits per heavy atom. The maximum Gasteiger partial charge on any atom is 0.321 e. The van der Waals surface area contributed by atoms with Crippen LogP contribution in [0.1, 0.15) is 42.3 Å². The molecule has 3 N–H and O–H groups in total. The van der Waals surface area contributed by atoms with Gasteiger partial charge in [-0.05, 0) is 35.4 Å². The number of rotatable bonds is 8. The van der Waals surface area contributed by atoms with Crippen molar-refractivity contribution in [2.45, 2.75) is 32.7 Å². The Morgan fingerprint density at radius 3 is 2.48 bits per heavy atom. The lowest BCUT2D eigenvalue weighted by molar-refractivity contribution is -0.119. The van der Waals surface area contributed by atoms with E-state index < -0.39 is 6.03 Å². The monoisotopic (exact) mass is 359 g/mol. The molecule has 1 aromatic heterocycles. The number of hydrogen-bond donors (Lipinski definition) is 3. The van der Waals surface area contributed by atoms with E-state index in [9.17, 15) is 9.59 Å². The van der Waals surface area contributed by atoms with E-state index in [-0.39, 0.29) is 18.5 Å². The van der Waals surface area contributed by atoms with E-state index in [1.54, 1.807) is 11.3 Å². The molecule has 0 saturated carbocycles. The number of imide groups is 1. The standard InChI is InChI=1S/C19H25N3O2S/c1-3-11-20-19(24)22-17(23)13-21-18(16-6-5-12-25-16)15-9-7-14(4-2)8-10-15/h5-10,12,18,21H,3-4,11,13H2,1-2H3,(H2,20,22,23,24). The summed E-state index contributed by atoms with van der Waals surface area (Å²) in [7, 11) is 0. The fourth-order valence-electron chi connectivity index (χ4n) is 2.43. The van der Waals surface area contributed by atoms with Gasteiger partial charge in [0.05, 0.1) is 12.6 Å². The number of benzene rings is 1. The molecular weight excluding hydrogens is 334 g/mol. The van der Waals surface area contributed by atoms with E-state index in [1.807, 2.05) is 24.4 Å². The van der Waals surface area contributed by atoms with Crippen molar-refractivity contribution in [3.63, 3.8) is 0 Å². The van der Waals surface area contributed by atoms with Crippen LogP contribution < -0.4 is 16.0 Å². The lowest BCUT2D eigenvalue weighted by atomic mass is 10.0. The number of carbonyl (C=O) groups excluding carboxylic acids is 2. The van der Waals surface area contributed by atoms with Gasteiger partial charge in [-0.3, -0.25) is 15.4 Å². The highest BCUT2D eigenvalue weighted by molar-refractivity contribution is 7.10. The molecule has 1 heterocycles. The van der Waals surface area contributed by atoms with Crippen LogP contribution in [0.25, 0.3) is 0 Å². The van der Waals surface area contributed by atoms with Gasteiger partial charge in [0.15, 0.2) is 0 Å². The Hall–Kier alpha value is -2.18. The van der Waals surface area contributed by atoms with E-state index in [0.29, 0.717) is 6.54 Å². The molecule has 1 unspecified atom stereocenters. The quantitative estimate of drug-likeness (QED) is 0.678. The van der Waals surface area contributed by atoms with Gasteiger partial charge in [0.2, 0.25) is 5.91 Å². The molecular formula is C19H25N3O2S. The zero-order valence-corrected chi connectivity index (χ0v) is 15.5. The molecule has 25 heavy (non-hydrogen) atoms. The van der Waals surface area contributed by atoms with Gasteiger partial charge in [-0.15, -0.1) is 11.3 Å². The molecule has 1 atom stereocenters. The molecule has 0 bridgehead atoms. The lowest BCUT2D eigenvalue weighted by Gasteiger charge is -2.18. The first-order chi connectivity index (χ1) is 12.1. The minimum atomic E-state index is -0.450. The fourth-order valence-corrected chi connectivity index (χ4v) is 3.26. The number of carbonyl (C=O) groups is 2. The second kappa shape index (κ2) is 9.96. The third-order valence-electron chi connectivity index (χ3n) is 3.80. The van der Waals surface area contributed by atoms with Gasteiger partial charge in [0.1, 0.15) is 0 Å². The molecule has 2 aromatic rings. The molecule has 0 saturated heterocycles. The van der Waals surface area contributed by atoms with Crippen LogP contribution in [0.15, 0.2) is 41.8 Å². The first kappa shape index (κ1) is 19.1. The smallest absolute Gasteiger partial charge is 0.321 e. The lowest BCUT2D eigenvalue weighted by Crippen LogP contribution is -2.44. The molecule has 0 radical (unpaired) electrons. The van der Waals surface area contributed by atoms with Gasteiger partial charge < -0.3 is 5.32 Å². The summed E-state index contributed by atoms with van der Waals surface area (Å²) in [6.45, 7) is 4.70. The van der Waals surface area contributed by atoms with Gasteiger partial charge in [-0.25, -0.2) is 4.79 Å². The number of hydrogen-bond acceptors (Lipinski definition) is 4. The van der Waals surface area contributed by atoms with Crippen molar-refractivity contribution in [1.82, 2.24) is 16.0 Å². The summed E-state index contributed by atoms with van der Waals surface area (Å²) in [6, 6.07) is 11.9. The second-order valence-corrected chi connectivity index (χ2v) is 6.71. The van der Waals surface area contributed by atoms with Gasteiger partial charge in [-0.1, -0.05) is 44.2 Å². The van der Waals surface area contributed by atoms with E-state index in [0.717, 1.165) is 23.3 Å².